The third kappa shape index (κ3) is 6.23. The van der Waals surface area contributed by atoms with Crippen molar-refractivity contribution in [2.75, 3.05) is 11.9 Å². The number of hydrogen-bond acceptors (Lipinski definition) is 8. The van der Waals surface area contributed by atoms with Crippen molar-refractivity contribution < 1.29 is 13.9 Å². The first kappa shape index (κ1) is 33.7. The van der Waals surface area contributed by atoms with E-state index >= 15 is 0 Å². The van der Waals surface area contributed by atoms with Gasteiger partial charge in [0.25, 0.3) is 0 Å². The number of fused-ring (bicyclic) bond motifs is 2. The zero-order chi connectivity index (χ0) is 34.2. The van der Waals surface area contributed by atoms with Crippen LogP contribution in [0.3, 0.4) is 0 Å². The first-order valence-corrected chi connectivity index (χ1v) is 18.1. The van der Waals surface area contributed by atoms with Crippen LogP contribution in [0.25, 0.3) is 11.0 Å². The van der Waals surface area contributed by atoms with E-state index in [1.54, 1.807) is 36.8 Å². The van der Waals surface area contributed by atoms with Crippen molar-refractivity contribution in [2.24, 2.45) is 11.3 Å². The van der Waals surface area contributed by atoms with E-state index in [1.165, 1.54) is 0 Å². The molecule has 252 valence electrons. The molecule has 11 heteroatoms. The monoisotopic (exact) mass is 667 g/mol. The summed E-state index contributed by atoms with van der Waals surface area (Å²) in [6.07, 6.45) is 6.64. The Balaban J connectivity index is 1.45. The van der Waals surface area contributed by atoms with E-state index in [0.717, 1.165) is 51.0 Å². The Morgan fingerprint density at radius 3 is 2.60 bits per heavy atom. The zero-order valence-electron chi connectivity index (χ0n) is 28.5. The van der Waals surface area contributed by atoms with Crippen LogP contribution in [0.4, 0.5) is 5.69 Å². The number of carbonyl (C=O) groups is 1. The molecule has 0 fully saturated rings. The highest BCUT2D eigenvalue weighted by atomic mass is 32.3. The van der Waals surface area contributed by atoms with Gasteiger partial charge in [0.1, 0.15) is 5.52 Å². The van der Waals surface area contributed by atoms with Gasteiger partial charge in [-0.3, -0.25) is 23.9 Å². The molecule has 0 spiro atoms. The number of nitrogens with zero attached hydrogens (tertiary/aromatic N) is 6. The molecule has 4 heterocycles. The third-order valence-corrected chi connectivity index (χ3v) is 11.9. The van der Waals surface area contributed by atoms with Crippen LogP contribution in [0.15, 0.2) is 78.1 Å². The average molecular weight is 668 g/mol. The largest absolute Gasteiger partial charge is 0.324 e. The Morgan fingerprint density at radius 2 is 1.88 bits per heavy atom. The number of amides is 1. The summed E-state index contributed by atoms with van der Waals surface area (Å²) in [7, 11) is -3.29. The Bertz CT molecular complexity index is 1940. The van der Waals surface area contributed by atoms with Gasteiger partial charge in [-0.25, -0.2) is 4.68 Å². The van der Waals surface area contributed by atoms with Gasteiger partial charge in [0.2, 0.25) is 5.91 Å². The molecule has 0 saturated carbocycles. The molecule has 3 N–H and O–H groups in total. The molecule has 0 radical (unpaired) electrons. The number of carbonyl (C=O) groups excluding carboxylic acids is 1. The standard InChI is InChI=1S/C37H45N7O3S/c1-7-26-19-31-33(12-10-18-39-31)48(46,47)43(22-26)23-28-20-27(14-13-24(28)3)34(37(5,6)36(45)40-29-11-9-17-38-21-29)30-15-16-32-35(25(30)4)41-42-44(32)8-2/h9-18,20-21,26,34,46-47H,7-8,19,22-23H2,1-6H3,(H,40,45)/t26-,34-/m0/s1. The van der Waals surface area contributed by atoms with Gasteiger partial charge in [0.15, 0.2) is 0 Å². The summed E-state index contributed by atoms with van der Waals surface area (Å²) in [6.45, 7) is 13.8. The van der Waals surface area contributed by atoms with Crippen molar-refractivity contribution in [3.05, 3.63) is 107 Å². The molecule has 5 aromatic rings. The molecule has 0 aliphatic carbocycles. The minimum atomic E-state index is -3.29. The molecular weight excluding hydrogens is 623 g/mol. The van der Waals surface area contributed by atoms with Gasteiger partial charge in [-0.2, -0.15) is 4.31 Å². The quantitative estimate of drug-likeness (QED) is 0.145. The second-order valence-corrected chi connectivity index (χ2v) is 15.4. The second kappa shape index (κ2) is 13.4. The van der Waals surface area contributed by atoms with E-state index in [4.69, 9.17) is 0 Å². The highest BCUT2D eigenvalue weighted by molar-refractivity contribution is 8.22. The molecule has 0 saturated heterocycles. The van der Waals surface area contributed by atoms with Crippen molar-refractivity contribution >= 4 is 33.4 Å². The third-order valence-electron chi connectivity index (χ3n) is 9.90. The van der Waals surface area contributed by atoms with Gasteiger partial charge in [-0.15, -0.1) is 15.9 Å². The fraction of sp³-hybridized carbons (Fsp3) is 0.378. The van der Waals surface area contributed by atoms with Gasteiger partial charge >= 0.3 is 0 Å². The zero-order valence-corrected chi connectivity index (χ0v) is 29.3. The van der Waals surface area contributed by atoms with E-state index in [-0.39, 0.29) is 17.7 Å². The van der Waals surface area contributed by atoms with Gasteiger partial charge in [0.05, 0.1) is 33.4 Å². The number of hydrogen-bond donors (Lipinski definition) is 3. The molecule has 1 amide bonds. The van der Waals surface area contributed by atoms with Crippen molar-refractivity contribution in [3.63, 3.8) is 0 Å². The van der Waals surface area contributed by atoms with Crippen LogP contribution in [-0.2, 0) is 24.3 Å². The van der Waals surface area contributed by atoms with Crippen molar-refractivity contribution in [3.8, 4) is 0 Å². The number of rotatable bonds is 9. The topological polar surface area (TPSA) is 129 Å². The van der Waals surface area contributed by atoms with Crippen LogP contribution in [0.2, 0.25) is 0 Å². The van der Waals surface area contributed by atoms with Crippen LogP contribution in [0.5, 0.6) is 0 Å². The van der Waals surface area contributed by atoms with Crippen LogP contribution in [0, 0.1) is 25.2 Å². The summed E-state index contributed by atoms with van der Waals surface area (Å²) in [5.74, 6) is -0.289. The van der Waals surface area contributed by atoms with Crippen LogP contribution < -0.4 is 5.32 Å². The lowest BCUT2D eigenvalue weighted by Gasteiger charge is -2.43. The lowest BCUT2D eigenvalue weighted by molar-refractivity contribution is -0.124. The first-order chi connectivity index (χ1) is 22.9. The summed E-state index contributed by atoms with van der Waals surface area (Å²) in [6, 6.07) is 17.6. The summed E-state index contributed by atoms with van der Waals surface area (Å²) in [5.41, 5.74) is 7.13. The van der Waals surface area contributed by atoms with E-state index in [9.17, 15) is 13.9 Å². The summed E-state index contributed by atoms with van der Waals surface area (Å²) in [5, 5.41) is 12.0. The van der Waals surface area contributed by atoms with Gasteiger partial charge < -0.3 is 5.32 Å². The number of aromatic nitrogens is 5. The summed E-state index contributed by atoms with van der Waals surface area (Å²) >= 11 is 0. The van der Waals surface area contributed by atoms with Crippen molar-refractivity contribution in [2.45, 2.75) is 78.3 Å². The summed E-state index contributed by atoms with van der Waals surface area (Å²) in [4.78, 5) is 23.4. The predicted octanol–water partition coefficient (Wildman–Crippen LogP) is 7.76. The van der Waals surface area contributed by atoms with Gasteiger partial charge in [0, 0.05) is 37.9 Å². The molecule has 0 bridgehead atoms. The van der Waals surface area contributed by atoms with Crippen LogP contribution in [-0.4, -0.2) is 50.8 Å². The minimum Gasteiger partial charge on any atom is -0.324 e. The minimum absolute atomic E-state index is 0.143. The van der Waals surface area contributed by atoms with E-state index in [1.807, 2.05) is 55.7 Å². The lowest BCUT2D eigenvalue weighted by atomic mass is 9.69. The maximum atomic E-state index is 14.2. The Hall–Kier alpha value is -4.16. The fourth-order valence-electron chi connectivity index (χ4n) is 6.93. The van der Waals surface area contributed by atoms with Crippen LogP contribution >= 0.6 is 10.8 Å². The predicted molar refractivity (Wildman–Crippen MR) is 191 cm³/mol. The summed E-state index contributed by atoms with van der Waals surface area (Å²) < 4.78 is 27.2. The van der Waals surface area contributed by atoms with E-state index < -0.39 is 16.2 Å². The highest BCUT2D eigenvalue weighted by Crippen LogP contribution is 2.56. The van der Waals surface area contributed by atoms with Gasteiger partial charge in [-0.05, 0) is 91.3 Å². The van der Waals surface area contributed by atoms with Crippen molar-refractivity contribution in [1.82, 2.24) is 29.3 Å². The fourth-order valence-corrected chi connectivity index (χ4v) is 8.66. The Labute approximate surface area is 284 Å². The molecule has 48 heavy (non-hydrogen) atoms. The average Bonchev–Trinajstić information content (AvgIpc) is 3.46. The van der Waals surface area contributed by atoms with Gasteiger partial charge in [-0.1, -0.05) is 56.7 Å². The molecule has 0 unspecified atom stereocenters. The molecule has 1 aliphatic heterocycles. The van der Waals surface area contributed by atoms with Crippen molar-refractivity contribution in [1.29, 1.82) is 0 Å². The molecular formula is C37H45N7O3S. The number of pyridine rings is 2. The molecule has 2 atom stereocenters. The SMILES string of the molecule is CC[C@H]1Cc2ncccc2S(O)(O)N(Cc2cc([C@@H](c3ccc4c(nnn4CC)c3C)C(C)(C)C(=O)Nc3cccnc3)ccc2C)C1. The maximum absolute atomic E-state index is 14.2. The maximum Gasteiger partial charge on any atom is 0.231 e. The molecule has 3 aromatic heterocycles. The number of anilines is 1. The van der Waals surface area contributed by atoms with E-state index in [0.29, 0.717) is 36.6 Å². The molecule has 1 aliphatic rings. The highest BCUT2D eigenvalue weighted by Gasteiger charge is 2.41. The Kier molecular flexibility index (Phi) is 9.41. The Morgan fingerprint density at radius 1 is 1.08 bits per heavy atom. The first-order valence-electron chi connectivity index (χ1n) is 16.6. The second-order valence-electron chi connectivity index (χ2n) is 13.4. The molecule has 2 aromatic carbocycles. The van der Waals surface area contributed by atoms with E-state index in [2.05, 4.69) is 56.8 Å². The number of aryl methyl sites for hydroxylation is 3. The normalized spacial score (nSPS) is 17.8. The van der Waals surface area contributed by atoms with Crippen LogP contribution in [0.1, 0.15) is 73.5 Å². The number of benzene rings is 2. The smallest absolute Gasteiger partial charge is 0.231 e. The lowest BCUT2D eigenvalue weighted by Crippen LogP contribution is -2.37. The number of nitrogens with one attached hydrogen (secondary N) is 1. The molecule has 6 rings (SSSR count). The molecule has 10 nitrogen and oxygen atoms in total.